The standard InChI is InChI=1S/C10H17N3O4S2/c1-7-9(8(10(14)15)12-11-7)19(16,17)13(2)5-4-6-18-3/h4-6H2,1-3H3,(H,11,12)(H,14,15). The molecule has 0 saturated heterocycles. The molecule has 19 heavy (non-hydrogen) atoms. The Hall–Kier alpha value is -1.06. The average Bonchev–Trinajstić information content (AvgIpc) is 2.72. The summed E-state index contributed by atoms with van der Waals surface area (Å²) in [7, 11) is -2.39. The molecule has 108 valence electrons. The second-order valence-corrected chi connectivity index (χ2v) is 6.97. The van der Waals surface area contributed by atoms with Gasteiger partial charge in [0.25, 0.3) is 0 Å². The summed E-state index contributed by atoms with van der Waals surface area (Å²) >= 11 is 1.63. The third-order valence-electron chi connectivity index (χ3n) is 2.58. The van der Waals surface area contributed by atoms with Crippen LogP contribution in [0.3, 0.4) is 0 Å². The predicted molar refractivity (Wildman–Crippen MR) is 73.1 cm³/mol. The van der Waals surface area contributed by atoms with Gasteiger partial charge in [0.2, 0.25) is 10.0 Å². The summed E-state index contributed by atoms with van der Waals surface area (Å²) in [6.45, 7) is 1.83. The van der Waals surface area contributed by atoms with Crippen LogP contribution in [-0.2, 0) is 10.0 Å². The first-order valence-electron chi connectivity index (χ1n) is 5.56. The van der Waals surface area contributed by atoms with Gasteiger partial charge >= 0.3 is 5.97 Å². The molecule has 0 spiro atoms. The summed E-state index contributed by atoms with van der Waals surface area (Å²) in [5.41, 5.74) is -0.233. The van der Waals surface area contributed by atoms with Gasteiger partial charge in [0.05, 0.1) is 5.69 Å². The van der Waals surface area contributed by atoms with Crippen LogP contribution in [0, 0.1) is 6.92 Å². The molecule has 0 aliphatic carbocycles. The van der Waals surface area contributed by atoms with Crippen LogP contribution in [0.25, 0.3) is 0 Å². The molecule has 1 rings (SSSR count). The van der Waals surface area contributed by atoms with Crippen LogP contribution in [0.4, 0.5) is 0 Å². The van der Waals surface area contributed by atoms with Gasteiger partial charge in [0.1, 0.15) is 4.90 Å². The monoisotopic (exact) mass is 307 g/mol. The highest BCUT2D eigenvalue weighted by atomic mass is 32.2. The molecule has 0 bridgehead atoms. The van der Waals surface area contributed by atoms with E-state index in [2.05, 4.69) is 10.2 Å². The van der Waals surface area contributed by atoms with Gasteiger partial charge in [0.15, 0.2) is 5.69 Å². The van der Waals surface area contributed by atoms with E-state index in [9.17, 15) is 13.2 Å². The zero-order valence-corrected chi connectivity index (χ0v) is 12.6. The van der Waals surface area contributed by atoms with Crippen molar-refractivity contribution in [2.45, 2.75) is 18.2 Å². The van der Waals surface area contributed by atoms with Gasteiger partial charge in [0, 0.05) is 13.6 Å². The number of aryl methyl sites for hydroxylation is 1. The van der Waals surface area contributed by atoms with Gasteiger partial charge in [-0.3, -0.25) is 5.10 Å². The Morgan fingerprint density at radius 2 is 2.16 bits per heavy atom. The predicted octanol–water partition coefficient (Wildman–Crippen LogP) is 0.790. The van der Waals surface area contributed by atoms with E-state index < -0.39 is 21.7 Å². The molecule has 7 nitrogen and oxygen atoms in total. The molecule has 0 unspecified atom stereocenters. The number of carboxylic acid groups (broad SMARTS) is 1. The molecule has 9 heteroatoms. The van der Waals surface area contributed by atoms with E-state index in [1.165, 1.54) is 14.0 Å². The molecule has 0 aliphatic rings. The molecular weight excluding hydrogens is 290 g/mol. The third kappa shape index (κ3) is 3.48. The number of aromatic carboxylic acids is 1. The molecule has 0 saturated carbocycles. The lowest BCUT2D eigenvalue weighted by Gasteiger charge is -2.16. The van der Waals surface area contributed by atoms with Crippen molar-refractivity contribution in [1.82, 2.24) is 14.5 Å². The molecule has 0 atom stereocenters. The summed E-state index contributed by atoms with van der Waals surface area (Å²) in [5, 5.41) is 14.9. The van der Waals surface area contributed by atoms with Crippen LogP contribution in [0.2, 0.25) is 0 Å². The lowest BCUT2D eigenvalue weighted by Crippen LogP contribution is -2.29. The maximum Gasteiger partial charge on any atom is 0.357 e. The number of rotatable bonds is 7. The minimum absolute atomic E-state index is 0.231. The normalized spacial score (nSPS) is 12.0. The van der Waals surface area contributed by atoms with Crippen molar-refractivity contribution in [2.24, 2.45) is 0 Å². The van der Waals surface area contributed by atoms with Crippen LogP contribution in [0.15, 0.2) is 4.90 Å². The summed E-state index contributed by atoms with van der Waals surface area (Å²) in [6, 6.07) is 0. The van der Waals surface area contributed by atoms with Crippen molar-refractivity contribution in [3.63, 3.8) is 0 Å². The molecule has 0 fully saturated rings. The first kappa shape index (κ1) is 16.0. The summed E-state index contributed by atoms with van der Waals surface area (Å²) in [4.78, 5) is 10.7. The van der Waals surface area contributed by atoms with Gasteiger partial charge in [-0.25, -0.2) is 17.5 Å². The number of H-pyrrole nitrogens is 1. The molecule has 0 aromatic carbocycles. The summed E-state index contributed by atoms with van der Waals surface area (Å²) < 4.78 is 25.8. The Balaban J connectivity index is 3.06. The number of aromatic nitrogens is 2. The number of nitrogens with zero attached hydrogens (tertiary/aromatic N) is 2. The van der Waals surface area contributed by atoms with E-state index in [1.807, 2.05) is 6.26 Å². The van der Waals surface area contributed by atoms with Crippen molar-refractivity contribution >= 4 is 27.8 Å². The van der Waals surface area contributed by atoms with E-state index in [0.717, 1.165) is 10.1 Å². The van der Waals surface area contributed by atoms with E-state index in [-0.39, 0.29) is 10.6 Å². The Kier molecular flexibility index (Phi) is 5.39. The summed E-state index contributed by atoms with van der Waals surface area (Å²) in [5.74, 6) is -0.517. The maximum atomic E-state index is 12.3. The zero-order chi connectivity index (χ0) is 14.6. The van der Waals surface area contributed by atoms with Gasteiger partial charge in [-0.05, 0) is 25.4 Å². The highest BCUT2D eigenvalue weighted by Gasteiger charge is 2.31. The van der Waals surface area contributed by atoms with Crippen molar-refractivity contribution in [3.8, 4) is 0 Å². The zero-order valence-electron chi connectivity index (χ0n) is 11.0. The average molecular weight is 307 g/mol. The lowest BCUT2D eigenvalue weighted by atomic mass is 10.4. The Morgan fingerprint density at radius 3 is 2.68 bits per heavy atom. The quantitative estimate of drug-likeness (QED) is 0.722. The maximum absolute atomic E-state index is 12.3. The fraction of sp³-hybridized carbons (Fsp3) is 0.600. The number of sulfonamides is 1. The minimum atomic E-state index is -3.83. The highest BCUT2D eigenvalue weighted by molar-refractivity contribution is 7.98. The fourth-order valence-corrected chi connectivity index (χ4v) is 3.50. The molecule has 0 radical (unpaired) electrons. The number of thioether (sulfide) groups is 1. The molecular formula is C10H17N3O4S2. The third-order valence-corrected chi connectivity index (χ3v) is 5.30. The molecule has 0 amide bonds. The first-order valence-corrected chi connectivity index (χ1v) is 8.39. The van der Waals surface area contributed by atoms with Crippen LogP contribution in [-0.4, -0.2) is 59.6 Å². The van der Waals surface area contributed by atoms with Gasteiger partial charge in [-0.2, -0.15) is 16.9 Å². The largest absolute Gasteiger partial charge is 0.476 e. The summed E-state index contributed by atoms with van der Waals surface area (Å²) in [6.07, 6.45) is 2.65. The molecule has 2 N–H and O–H groups in total. The van der Waals surface area contributed by atoms with Gasteiger partial charge < -0.3 is 5.11 Å². The van der Waals surface area contributed by atoms with E-state index in [4.69, 9.17) is 5.11 Å². The molecule has 0 aliphatic heterocycles. The molecule has 1 heterocycles. The van der Waals surface area contributed by atoms with Crippen LogP contribution < -0.4 is 0 Å². The number of hydrogen-bond donors (Lipinski definition) is 2. The molecule has 1 aromatic heterocycles. The Labute approximate surface area is 116 Å². The number of carboxylic acids is 1. The number of carbonyl (C=O) groups is 1. The first-order chi connectivity index (χ1) is 8.82. The Bertz CT molecular complexity index is 553. The number of nitrogens with one attached hydrogen (secondary N) is 1. The van der Waals surface area contributed by atoms with E-state index in [1.54, 1.807) is 11.8 Å². The van der Waals surface area contributed by atoms with Crippen LogP contribution >= 0.6 is 11.8 Å². The van der Waals surface area contributed by atoms with Crippen molar-refractivity contribution in [3.05, 3.63) is 11.4 Å². The topological polar surface area (TPSA) is 103 Å². The second kappa shape index (κ2) is 6.40. The van der Waals surface area contributed by atoms with Crippen molar-refractivity contribution in [1.29, 1.82) is 0 Å². The van der Waals surface area contributed by atoms with Gasteiger partial charge in [-0.1, -0.05) is 0 Å². The lowest BCUT2D eigenvalue weighted by molar-refractivity contribution is 0.0686. The number of hydrogen-bond acceptors (Lipinski definition) is 5. The molecule has 1 aromatic rings. The fourth-order valence-electron chi connectivity index (χ4n) is 1.59. The van der Waals surface area contributed by atoms with Crippen LogP contribution in [0.5, 0.6) is 0 Å². The Morgan fingerprint density at radius 1 is 1.53 bits per heavy atom. The minimum Gasteiger partial charge on any atom is -0.476 e. The highest BCUT2D eigenvalue weighted by Crippen LogP contribution is 2.21. The second-order valence-electron chi connectivity index (χ2n) is 4.00. The van der Waals surface area contributed by atoms with E-state index >= 15 is 0 Å². The SMILES string of the molecule is CSCCCN(C)S(=O)(=O)c1c(C(=O)O)n[nH]c1C. The number of aromatic amines is 1. The smallest absolute Gasteiger partial charge is 0.357 e. The van der Waals surface area contributed by atoms with Crippen molar-refractivity contribution in [2.75, 3.05) is 25.6 Å². The van der Waals surface area contributed by atoms with Crippen LogP contribution in [0.1, 0.15) is 22.6 Å². The van der Waals surface area contributed by atoms with Crippen molar-refractivity contribution < 1.29 is 18.3 Å². The van der Waals surface area contributed by atoms with E-state index in [0.29, 0.717) is 13.0 Å². The van der Waals surface area contributed by atoms with Gasteiger partial charge in [-0.15, -0.1) is 0 Å².